The van der Waals surface area contributed by atoms with E-state index in [0.29, 0.717) is 11.8 Å². The van der Waals surface area contributed by atoms with Crippen molar-refractivity contribution in [3.05, 3.63) is 29.8 Å². The summed E-state index contributed by atoms with van der Waals surface area (Å²) in [6.07, 6.45) is 1.18. The van der Waals surface area contributed by atoms with E-state index < -0.39 is 0 Å². The summed E-state index contributed by atoms with van der Waals surface area (Å²) >= 11 is 0. The smallest absolute Gasteiger partial charge is 0.115 e. The summed E-state index contributed by atoms with van der Waals surface area (Å²) in [5.74, 6) is 1.06. The van der Waals surface area contributed by atoms with Crippen LogP contribution in [0.2, 0.25) is 0 Å². The lowest BCUT2D eigenvalue weighted by molar-refractivity contribution is 0.439. The number of aromatic hydroxyl groups is 1. The fourth-order valence-corrected chi connectivity index (χ4v) is 1.75. The Morgan fingerprint density at radius 3 is 2.60 bits per heavy atom. The third-order valence-electron chi connectivity index (χ3n) is 2.39. The number of hydrogen-bond donors (Lipinski definition) is 2. The largest absolute Gasteiger partial charge is 0.508 e. The molecule has 0 aromatic heterocycles. The molecule has 1 aromatic carbocycles. The Kier molecular flexibility index (Phi) is 4.63. The molecule has 1 aromatic rings. The van der Waals surface area contributed by atoms with E-state index in [-0.39, 0.29) is 0 Å². The van der Waals surface area contributed by atoms with Crippen LogP contribution >= 0.6 is 0 Å². The van der Waals surface area contributed by atoms with E-state index in [9.17, 15) is 5.11 Å². The second kappa shape index (κ2) is 5.76. The third kappa shape index (κ3) is 4.84. The average molecular weight is 207 g/mol. The van der Waals surface area contributed by atoms with E-state index in [2.05, 4.69) is 26.1 Å². The van der Waals surface area contributed by atoms with E-state index >= 15 is 0 Å². The Morgan fingerprint density at radius 1 is 1.27 bits per heavy atom. The minimum absolute atomic E-state index is 0.339. The van der Waals surface area contributed by atoms with E-state index in [4.69, 9.17) is 0 Å². The molecule has 84 valence electrons. The fourth-order valence-electron chi connectivity index (χ4n) is 1.75. The molecule has 2 nitrogen and oxygen atoms in total. The fraction of sp³-hybridized carbons (Fsp3) is 0.538. The van der Waals surface area contributed by atoms with Crippen LogP contribution in [0.25, 0.3) is 0 Å². The van der Waals surface area contributed by atoms with Gasteiger partial charge in [-0.3, -0.25) is 0 Å². The Hall–Kier alpha value is -1.02. The van der Waals surface area contributed by atoms with Crippen LogP contribution in [0.3, 0.4) is 0 Å². The highest BCUT2D eigenvalue weighted by molar-refractivity contribution is 5.26. The van der Waals surface area contributed by atoms with E-state index in [1.807, 2.05) is 12.1 Å². The zero-order chi connectivity index (χ0) is 11.3. The first-order valence-corrected chi connectivity index (χ1v) is 5.59. The van der Waals surface area contributed by atoms with Crippen molar-refractivity contribution in [3.63, 3.8) is 0 Å². The number of phenols is 1. The van der Waals surface area contributed by atoms with Crippen molar-refractivity contribution in [1.82, 2.24) is 5.32 Å². The van der Waals surface area contributed by atoms with Gasteiger partial charge in [0.15, 0.2) is 0 Å². The molecule has 0 saturated carbocycles. The molecule has 0 radical (unpaired) electrons. The third-order valence-corrected chi connectivity index (χ3v) is 2.39. The van der Waals surface area contributed by atoms with Gasteiger partial charge in [-0.15, -0.1) is 0 Å². The molecule has 0 saturated heterocycles. The summed E-state index contributed by atoms with van der Waals surface area (Å²) in [6, 6.07) is 7.91. The lowest BCUT2D eigenvalue weighted by Crippen LogP contribution is -2.26. The first-order chi connectivity index (χ1) is 7.08. The van der Waals surface area contributed by atoms with Gasteiger partial charge in [0.25, 0.3) is 0 Å². The van der Waals surface area contributed by atoms with Gasteiger partial charge in [0, 0.05) is 12.6 Å². The molecule has 0 aliphatic heterocycles. The molecular weight excluding hydrogens is 186 g/mol. The Bertz CT molecular complexity index is 296. The lowest BCUT2D eigenvalue weighted by atomic mass is 10.1. The van der Waals surface area contributed by atoms with Gasteiger partial charge in [-0.1, -0.05) is 26.0 Å². The summed E-state index contributed by atoms with van der Waals surface area (Å²) in [6.45, 7) is 7.48. The molecule has 2 N–H and O–H groups in total. The number of benzene rings is 1. The predicted octanol–water partition coefficient (Wildman–Crippen LogP) is 2.92. The molecule has 1 rings (SSSR count). The number of rotatable bonds is 5. The average Bonchev–Trinajstić information content (AvgIpc) is 2.14. The molecule has 0 fully saturated rings. The molecule has 2 heteroatoms. The minimum Gasteiger partial charge on any atom is -0.508 e. The summed E-state index contributed by atoms with van der Waals surface area (Å²) in [5, 5.41) is 12.7. The zero-order valence-corrected chi connectivity index (χ0v) is 9.83. The van der Waals surface area contributed by atoms with Crippen LogP contribution in [-0.2, 0) is 6.54 Å². The molecule has 1 unspecified atom stereocenters. The van der Waals surface area contributed by atoms with Gasteiger partial charge in [0.1, 0.15) is 5.75 Å². The Labute approximate surface area is 92.3 Å². The second-order valence-corrected chi connectivity index (χ2v) is 4.58. The predicted molar refractivity (Wildman–Crippen MR) is 63.9 cm³/mol. The first-order valence-electron chi connectivity index (χ1n) is 5.59. The number of hydrogen-bond acceptors (Lipinski definition) is 2. The van der Waals surface area contributed by atoms with Crippen molar-refractivity contribution < 1.29 is 5.11 Å². The van der Waals surface area contributed by atoms with Crippen LogP contribution in [0.15, 0.2) is 24.3 Å². The Balaban J connectivity index is 2.36. The molecule has 0 spiro atoms. The maximum Gasteiger partial charge on any atom is 0.115 e. The first kappa shape index (κ1) is 12.1. The summed E-state index contributed by atoms with van der Waals surface area (Å²) in [5.41, 5.74) is 1.13. The normalized spacial score (nSPS) is 13.1. The number of nitrogens with one attached hydrogen (secondary N) is 1. The van der Waals surface area contributed by atoms with Gasteiger partial charge >= 0.3 is 0 Å². The van der Waals surface area contributed by atoms with Crippen molar-refractivity contribution in [2.45, 2.75) is 39.8 Å². The highest BCUT2D eigenvalue weighted by atomic mass is 16.3. The lowest BCUT2D eigenvalue weighted by Gasteiger charge is -2.15. The topological polar surface area (TPSA) is 32.3 Å². The monoisotopic (exact) mass is 207 g/mol. The van der Waals surface area contributed by atoms with Crippen LogP contribution in [0.5, 0.6) is 5.75 Å². The summed E-state index contributed by atoms with van der Waals surface area (Å²) in [4.78, 5) is 0. The van der Waals surface area contributed by atoms with E-state index in [0.717, 1.165) is 18.0 Å². The number of phenolic OH excluding ortho intramolecular Hbond substituents is 1. The molecule has 1 atom stereocenters. The molecule has 0 heterocycles. The van der Waals surface area contributed by atoms with E-state index in [1.54, 1.807) is 12.1 Å². The SMILES string of the molecule is CC(C)CC(C)NCc1cccc(O)c1. The van der Waals surface area contributed by atoms with Crippen LogP contribution in [0.1, 0.15) is 32.8 Å². The van der Waals surface area contributed by atoms with Gasteiger partial charge in [-0.2, -0.15) is 0 Å². The van der Waals surface area contributed by atoms with Crippen LogP contribution in [0, 0.1) is 5.92 Å². The molecule has 15 heavy (non-hydrogen) atoms. The van der Waals surface area contributed by atoms with Crippen molar-refractivity contribution in [3.8, 4) is 5.75 Å². The van der Waals surface area contributed by atoms with Crippen molar-refractivity contribution in [1.29, 1.82) is 0 Å². The van der Waals surface area contributed by atoms with Gasteiger partial charge in [0.2, 0.25) is 0 Å². The molecule has 0 aliphatic rings. The van der Waals surface area contributed by atoms with Crippen LogP contribution in [0.4, 0.5) is 0 Å². The summed E-state index contributed by atoms with van der Waals surface area (Å²) < 4.78 is 0. The molecule has 0 aliphatic carbocycles. The highest BCUT2D eigenvalue weighted by Crippen LogP contribution is 2.11. The quantitative estimate of drug-likeness (QED) is 0.778. The molecule has 0 amide bonds. The van der Waals surface area contributed by atoms with Crippen molar-refractivity contribution in [2.24, 2.45) is 5.92 Å². The van der Waals surface area contributed by atoms with Gasteiger partial charge < -0.3 is 10.4 Å². The molecule has 0 bridgehead atoms. The zero-order valence-electron chi connectivity index (χ0n) is 9.83. The van der Waals surface area contributed by atoms with Crippen molar-refractivity contribution in [2.75, 3.05) is 0 Å². The van der Waals surface area contributed by atoms with Crippen LogP contribution < -0.4 is 5.32 Å². The van der Waals surface area contributed by atoms with Gasteiger partial charge in [-0.05, 0) is 37.0 Å². The maximum atomic E-state index is 9.30. The minimum atomic E-state index is 0.339. The van der Waals surface area contributed by atoms with E-state index in [1.165, 1.54) is 6.42 Å². The second-order valence-electron chi connectivity index (χ2n) is 4.58. The van der Waals surface area contributed by atoms with Crippen molar-refractivity contribution >= 4 is 0 Å². The van der Waals surface area contributed by atoms with Gasteiger partial charge in [-0.25, -0.2) is 0 Å². The molecular formula is C13H21NO. The highest BCUT2D eigenvalue weighted by Gasteiger charge is 2.04. The van der Waals surface area contributed by atoms with Crippen LogP contribution in [-0.4, -0.2) is 11.1 Å². The van der Waals surface area contributed by atoms with Gasteiger partial charge in [0.05, 0.1) is 0 Å². The standard InChI is InChI=1S/C13H21NO/c1-10(2)7-11(3)14-9-12-5-4-6-13(15)8-12/h4-6,8,10-11,14-15H,7,9H2,1-3H3. The Morgan fingerprint density at radius 2 is 2.00 bits per heavy atom. The maximum absolute atomic E-state index is 9.30. The summed E-state index contributed by atoms with van der Waals surface area (Å²) in [7, 11) is 0.